The molecule has 0 aliphatic heterocycles. The first-order valence-electron chi connectivity index (χ1n) is 6.73. The summed E-state index contributed by atoms with van der Waals surface area (Å²) in [6.07, 6.45) is 2.80. The van der Waals surface area contributed by atoms with Crippen LogP contribution in [0.4, 0.5) is 0 Å². The molecular weight excluding hydrogens is 240 g/mol. The van der Waals surface area contributed by atoms with Crippen LogP contribution >= 0.6 is 0 Å². The zero-order chi connectivity index (χ0) is 14.0. The zero-order valence-corrected chi connectivity index (χ0v) is 11.8. The highest BCUT2D eigenvalue weighted by Gasteiger charge is 2.25. The summed E-state index contributed by atoms with van der Waals surface area (Å²) in [5, 5.41) is 3.06. The second-order valence-corrected chi connectivity index (χ2v) is 5.40. The Bertz CT molecular complexity index is 485. The molecular formula is C15H22N2O2. The highest BCUT2D eigenvalue weighted by molar-refractivity contribution is 5.98. The Hall–Kier alpha value is -1.55. The smallest absolute Gasteiger partial charge is 0.255 e. The van der Waals surface area contributed by atoms with Gasteiger partial charge in [-0.1, -0.05) is 6.07 Å². The molecule has 2 rings (SSSR count). The fraction of sp³-hybridized carbons (Fsp3) is 0.533. The van der Waals surface area contributed by atoms with Crippen LogP contribution in [0.1, 0.15) is 40.7 Å². The maximum Gasteiger partial charge on any atom is 0.255 e. The van der Waals surface area contributed by atoms with Crippen molar-refractivity contribution in [3.63, 3.8) is 0 Å². The van der Waals surface area contributed by atoms with Gasteiger partial charge in [0.05, 0.1) is 12.7 Å². The second kappa shape index (κ2) is 5.61. The third-order valence-electron chi connectivity index (χ3n) is 3.70. The lowest BCUT2D eigenvalue weighted by molar-refractivity contribution is 0.0934. The average molecular weight is 262 g/mol. The molecule has 1 aliphatic rings. The van der Waals surface area contributed by atoms with Crippen molar-refractivity contribution in [1.29, 1.82) is 0 Å². The van der Waals surface area contributed by atoms with Gasteiger partial charge in [-0.2, -0.15) is 0 Å². The molecule has 1 amide bonds. The average Bonchev–Trinajstić information content (AvgIpc) is 2.73. The molecule has 1 aromatic rings. The van der Waals surface area contributed by atoms with Crippen molar-refractivity contribution in [1.82, 2.24) is 5.32 Å². The highest BCUT2D eigenvalue weighted by atomic mass is 16.5. The summed E-state index contributed by atoms with van der Waals surface area (Å²) in [5.41, 5.74) is 8.54. The van der Waals surface area contributed by atoms with E-state index in [-0.39, 0.29) is 18.0 Å². The summed E-state index contributed by atoms with van der Waals surface area (Å²) >= 11 is 0. The molecule has 0 saturated heterocycles. The Morgan fingerprint density at radius 3 is 2.68 bits per heavy atom. The fourth-order valence-electron chi connectivity index (χ4n) is 2.79. The predicted molar refractivity (Wildman–Crippen MR) is 75.5 cm³/mol. The van der Waals surface area contributed by atoms with Gasteiger partial charge in [0.2, 0.25) is 0 Å². The Labute approximate surface area is 114 Å². The highest BCUT2D eigenvalue weighted by Crippen LogP contribution is 2.25. The van der Waals surface area contributed by atoms with Crippen LogP contribution in [-0.4, -0.2) is 25.1 Å². The topological polar surface area (TPSA) is 64.3 Å². The van der Waals surface area contributed by atoms with Gasteiger partial charge in [-0.25, -0.2) is 0 Å². The van der Waals surface area contributed by atoms with E-state index in [2.05, 4.69) is 5.32 Å². The van der Waals surface area contributed by atoms with Crippen molar-refractivity contribution < 1.29 is 9.53 Å². The van der Waals surface area contributed by atoms with Gasteiger partial charge in [-0.3, -0.25) is 4.79 Å². The van der Waals surface area contributed by atoms with E-state index in [4.69, 9.17) is 10.5 Å². The molecule has 1 aliphatic carbocycles. The van der Waals surface area contributed by atoms with Crippen LogP contribution in [0.2, 0.25) is 0 Å². The molecule has 4 nitrogen and oxygen atoms in total. The first-order valence-corrected chi connectivity index (χ1v) is 6.73. The summed E-state index contributed by atoms with van der Waals surface area (Å²) in [5.74, 6) is 0.575. The number of hydrogen-bond donors (Lipinski definition) is 2. The number of aryl methyl sites for hydroxylation is 2. The minimum absolute atomic E-state index is 0.0616. The number of nitrogens with two attached hydrogens (primary N) is 1. The number of benzene rings is 1. The van der Waals surface area contributed by atoms with Crippen LogP contribution in [0.25, 0.3) is 0 Å². The van der Waals surface area contributed by atoms with E-state index >= 15 is 0 Å². The third kappa shape index (κ3) is 3.07. The van der Waals surface area contributed by atoms with E-state index in [9.17, 15) is 4.79 Å². The predicted octanol–water partition coefficient (Wildman–Crippen LogP) is 1.92. The lowest BCUT2D eigenvalue weighted by Gasteiger charge is -2.16. The summed E-state index contributed by atoms with van der Waals surface area (Å²) < 4.78 is 5.33. The lowest BCUT2D eigenvalue weighted by Crippen LogP contribution is -2.34. The molecule has 19 heavy (non-hydrogen) atoms. The van der Waals surface area contributed by atoms with Crippen LogP contribution in [0.15, 0.2) is 12.1 Å². The van der Waals surface area contributed by atoms with Gasteiger partial charge in [0, 0.05) is 12.1 Å². The molecule has 3 N–H and O–H groups in total. The molecule has 2 atom stereocenters. The van der Waals surface area contributed by atoms with E-state index in [1.807, 2.05) is 26.0 Å². The zero-order valence-electron chi connectivity index (χ0n) is 11.8. The fourth-order valence-corrected chi connectivity index (χ4v) is 2.79. The maximum atomic E-state index is 12.4. The maximum absolute atomic E-state index is 12.4. The van der Waals surface area contributed by atoms with Crippen molar-refractivity contribution >= 4 is 5.91 Å². The van der Waals surface area contributed by atoms with Gasteiger partial charge < -0.3 is 15.8 Å². The number of methoxy groups -OCH3 is 1. The van der Waals surface area contributed by atoms with Gasteiger partial charge in [0.1, 0.15) is 5.75 Å². The van der Waals surface area contributed by atoms with E-state index in [1.54, 1.807) is 7.11 Å². The molecule has 1 saturated carbocycles. The SMILES string of the molecule is COc1cc(C)cc(C)c1C(=O)NC1CCC(N)C1. The van der Waals surface area contributed by atoms with Crippen molar-refractivity contribution in [3.05, 3.63) is 28.8 Å². The van der Waals surface area contributed by atoms with Gasteiger partial charge in [0.25, 0.3) is 5.91 Å². The molecule has 0 heterocycles. The van der Waals surface area contributed by atoms with Crippen LogP contribution in [-0.2, 0) is 0 Å². The molecule has 0 aromatic heterocycles. The van der Waals surface area contributed by atoms with Gasteiger partial charge in [-0.15, -0.1) is 0 Å². The van der Waals surface area contributed by atoms with Crippen molar-refractivity contribution in [2.45, 2.75) is 45.2 Å². The number of carbonyl (C=O) groups is 1. The molecule has 1 aromatic carbocycles. The van der Waals surface area contributed by atoms with Crippen LogP contribution in [0.5, 0.6) is 5.75 Å². The molecule has 104 valence electrons. The number of ether oxygens (including phenoxy) is 1. The quantitative estimate of drug-likeness (QED) is 0.874. The van der Waals surface area contributed by atoms with E-state index in [0.717, 1.165) is 30.4 Å². The summed E-state index contributed by atoms with van der Waals surface area (Å²) in [6, 6.07) is 4.29. The Kier molecular flexibility index (Phi) is 4.10. The van der Waals surface area contributed by atoms with Crippen molar-refractivity contribution in [2.75, 3.05) is 7.11 Å². The largest absolute Gasteiger partial charge is 0.496 e. The first-order chi connectivity index (χ1) is 9.01. The molecule has 0 radical (unpaired) electrons. The first kappa shape index (κ1) is 13.9. The van der Waals surface area contributed by atoms with Gasteiger partial charge in [0.15, 0.2) is 0 Å². The van der Waals surface area contributed by atoms with Crippen LogP contribution in [0.3, 0.4) is 0 Å². The van der Waals surface area contributed by atoms with E-state index in [0.29, 0.717) is 11.3 Å². The molecule has 0 bridgehead atoms. The lowest BCUT2D eigenvalue weighted by atomic mass is 10.0. The standard InChI is InChI=1S/C15H22N2O2/c1-9-6-10(2)14(13(7-9)19-3)15(18)17-12-5-4-11(16)8-12/h6-7,11-12H,4-5,8,16H2,1-3H3,(H,17,18). The van der Waals surface area contributed by atoms with Crippen molar-refractivity contribution in [2.24, 2.45) is 5.73 Å². The normalized spacial score (nSPS) is 22.3. The molecule has 1 fully saturated rings. The third-order valence-corrected chi connectivity index (χ3v) is 3.70. The Morgan fingerprint density at radius 1 is 1.37 bits per heavy atom. The Morgan fingerprint density at radius 2 is 2.11 bits per heavy atom. The second-order valence-electron chi connectivity index (χ2n) is 5.40. The van der Waals surface area contributed by atoms with Crippen LogP contribution < -0.4 is 15.8 Å². The molecule has 4 heteroatoms. The van der Waals surface area contributed by atoms with E-state index in [1.165, 1.54) is 0 Å². The molecule has 0 spiro atoms. The summed E-state index contributed by atoms with van der Waals surface area (Å²) in [4.78, 5) is 12.4. The summed E-state index contributed by atoms with van der Waals surface area (Å²) in [6.45, 7) is 3.93. The number of amides is 1. The van der Waals surface area contributed by atoms with Crippen LogP contribution in [0, 0.1) is 13.8 Å². The monoisotopic (exact) mass is 262 g/mol. The molecule has 2 unspecified atom stereocenters. The minimum atomic E-state index is -0.0616. The number of nitrogens with one attached hydrogen (secondary N) is 1. The Balaban J connectivity index is 2.19. The van der Waals surface area contributed by atoms with Crippen molar-refractivity contribution in [3.8, 4) is 5.75 Å². The number of hydrogen-bond acceptors (Lipinski definition) is 3. The number of rotatable bonds is 3. The van der Waals surface area contributed by atoms with E-state index < -0.39 is 0 Å². The van der Waals surface area contributed by atoms with Gasteiger partial charge in [-0.05, 0) is 50.3 Å². The summed E-state index contributed by atoms with van der Waals surface area (Å²) in [7, 11) is 1.59. The minimum Gasteiger partial charge on any atom is -0.496 e. The van der Waals surface area contributed by atoms with Gasteiger partial charge >= 0.3 is 0 Å². The number of carbonyl (C=O) groups excluding carboxylic acids is 1.